The summed E-state index contributed by atoms with van der Waals surface area (Å²) in [5.41, 5.74) is 0.463. The van der Waals surface area contributed by atoms with E-state index in [4.69, 9.17) is 0 Å². The van der Waals surface area contributed by atoms with Crippen LogP contribution in [0.3, 0.4) is 0 Å². The zero-order valence-electron chi connectivity index (χ0n) is 9.36. The first-order valence-corrected chi connectivity index (χ1v) is 5.64. The van der Waals surface area contributed by atoms with Crippen molar-refractivity contribution in [2.45, 2.75) is 39.5 Å². The molecule has 0 saturated heterocycles. The second-order valence-corrected chi connectivity index (χ2v) is 4.62. The molecule has 0 aliphatic heterocycles. The molecule has 0 radical (unpaired) electrons. The van der Waals surface area contributed by atoms with Gasteiger partial charge in [0.2, 0.25) is 5.91 Å². The molecular formula is C11H22N2O. The molecule has 3 heteroatoms. The predicted octanol–water partition coefficient (Wildman–Crippen LogP) is 1.29. The lowest BCUT2D eigenvalue weighted by atomic mass is 9.70. The number of amides is 1. The van der Waals surface area contributed by atoms with Crippen LogP contribution in [-0.2, 0) is 4.79 Å². The van der Waals surface area contributed by atoms with E-state index in [1.165, 1.54) is 19.3 Å². The molecule has 1 aliphatic carbocycles. The topological polar surface area (TPSA) is 41.1 Å². The number of hydrogen-bond donors (Lipinski definition) is 2. The van der Waals surface area contributed by atoms with E-state index < -0.39 is 0 Å². The third-order valence-corrected chi connectivity index (χ3v) is 2.97. The van der Waals surface area contributed by atoms with Crippen LogP contribution in [0.15, 0.2) is 0 Å². The zero-order valence-corrected chi connectivity index (χ0v) is 9.36. The van der Waals surface area contributed by atoms with Crippen LogP contribution in [0.2, 0.25) is 0 Å². The Bertz CT molecular complexity index is 188. The molecule has 0 unspecified atom stereocenters. The van der Waals surface area contributed by atoms with Gasteiger partial charge in [0, 0.05) is 13.1 Å². The number of carbonyl (C=O) groups excluding carboxylic acids is 1. The molecule has 82 valence electrons. The van der Waals surface area contributed by atoms with E-state index in [0.29, 0.717) is 12.0 Å². The molecule has 14 heavy (non-hydrogen) atoms. The van der Waals surface area contributed by atoms with Crippen molar-refractivity contribution >= 4 is 5.91 Å². The maximum Gasteiger partial charge on any atom is 0.233 e. The predicted molar refractivity (Wildman–Crippen MR) is 58.1 cm³/mol. The molecule has 0 aromatic rings. The molecule has 0 spiro atoms. The molecule has 0 bridgehead atoms. The molecule has 1 amide bonds. The third kappa shape index (κ3) is 3.66. The van der Waals surface area contributed by atoms with Gasteiger partial charge in [-0.15, -0.1) is 0 Å². The van der Waals surface area contributed by atoms with Crippen molar-refractivity contribution in [3.8, 4) is 0 Å². The summed E-state index contributed by atoms with van der Waals surface area (Å²) in [5, 5.41) is 6.08. The normalized spacial score (nSPS) is 18.7. The van der Waals surface area contributed by atoms with Gasteiger partial charge in [0.25, 0.3) is 0 Å². The second-order valence-electron chi connectivity index (χ2n) is 4.62. The van der Waals surface area contributed by atoms with Gasteiger partial charge in [-0.25, -0.2) is 0 Å². The molecule has 3 nitrogen and oxygen atoms in total. The standard InChI is InChI=1S/C11H22N2O/c1-3-7-13-10(14)8-12-9-11(2)5-4-6-11/h12H,3-9H2,1-2H3,(H,13,14). The Balaban J connectivity index is 2.00. The Labute approximate surface area is 86.6 Å². The second kappa shape index (κ2) is 5.35. The van der Waals surface area contributed by atoms with Gasteiger partial charge < -0.3 is 10.6 Å². The minimum atomic E-state index is 0.120. The first kappa shape index (κ1) is 11.5. The summed E-state index contributed by atoms with van der Waals surface area (Å²) in [6, 6.07) is 0. The van der Waals surface area contributed by atoms with Crippen molar-refractivity contribution in [2.75, 3.05) is 19.6 Å². The molecule has 0 atom stereocenters. The highest BCUT2D eigenvalue weighted by Gasteiger charge is 2.30. The fourth-order valence-corrected chi connectivity index (χ4v) is 1.76. The van der Waals surface area contributed by atoms with Crippen molar-refractivity contribution < 1.29 is 4.79 Å². The Morgan fingerprint density at radius 2 is 2.14 bits per heavy atom. The highest BCUT2D eigenvalue weighted by Crippen LogP contribution is 2.39. The smallest absolute Gasteiger partial charge is 0.233 e. The fourth-order valence-electron chi connectivity index (χ4n) is 1.76. The SMILES string of the molecule is CCCNC(=O)CNCC1(C)CCC1. The van der Waals surface area contributed by atoms with E-state index in [-0.39, 0.29) is 5.91 Å². The minimum Gasteiger partial charge on any atom is -0.355 e. The van der Waals surface area contributed by atoms with Crippen LogP contribution in [0.25, 0.3) is 0 Å². The van der Waals surface area contributed by atoms with Crippen LogP contribution in [0, 0.1) is 5.41 Å². The lowest BCUT2D eigenvalue weighted by Gasteiger charge is -2.38. The van der Waals surface area contributed by atoms with Gasteiger partial charge in [-0.3, -0.25) is 4.79 Å². The maximum atomic E-state index is 11.2. The van der Waals surface area contributed by atoms with Crippen molar-refractivity contribution in [1.29, 1.82) is 0 Å². The minimum absolute atomic E-state index is 0.120. The van der Waals surface area contributed by atoms with Gasteiger partial charge in [-0.05, 0) is 24.7 Å². The van der Waals surface area contributed by atoms with E-state index in [1.54, 1.807) is 0 Å². The highest BCUT2D eigenvalue weighted by molar-refractivity contribution is 5.77. The Hall–Kier alpha value is -0.570. The van der Waals surface area contributed by atoms with Gasteiger partial charge in [-0.2, -0.15) is 0 Å². The highest BCUT2D eigenvalue weighted by atomic mass is 16.1. The van der Waals surface area contributed by atoms with Crippen molar-refractivity contribution in [1.82, 2.24) is 10.6 Å². The van der Waals surface area contributed by atoms with E-state index in [2.05, 4.69) is 24.5 Å². The van der Waals surface area contributed by atoms with Crippen LogP contribution >= 0.6 is 0 Å². The zero-order chi connectivity index (χ0) is 10.4. The van der Waals surface area contributed by atoms with Gasteiger partial charge >= 0.3 is 0 Å². The summed E-state index contributed by atoms with van der Waals surface area (Å²) in [4.78, 5) is 11.2. The molecule has 1 aliphatic rings. The summed E-state index contributed by atoms with van der Waals surface area (Å²) in [7, 11) is 0. The van der Waals surface area contributed by atoms with Crippen LogP contribution in [0.5, 0.6) is 0 Å². The van der Waals surface area contributed by atoms with Crippen LogP contribution in [-0.4, -0.2) is 25.5 Å². The summed E-state index contributed by atoms with van der Waals surface area (Å²) in [5.74, 6) is 0.120. The van der Waals surface area contributed by atoms with Crippen molar-refractivity contribution in [3.63, 3.8) is 0 Å². The molecule has 0 aromatic heterocycles. The Morgan fingerprint density at radius 3 is 2.64 bits per heavy atom. The first-order chi connectivity index (χ1) is 6.66. The Morgan fingerprint density at radius 1 is 1.43 bits per heavy atom. The van der Waals surface area contributed by atoms with Gasteiger partial charge in [0.1, 0.15) is 0 Å². The summed E-state index contributed by atoms with van der Waals surface area (Å²) in [6.07, 6.45) is 4.96. The molecule has 0 heterocycles. The van der Waals surface area contributed by atoms with Gasteiger partial charge in [0.15, 0.2) is 0 Å². The number of carbonyl (C=O) groups is 1. The largest absolute Gasteiger partial charge is 0.355 e. The molecule has 1 fully saturated rings. The summed E-state index contributed by atoms with van der Waals surface area (Å²) in [6.45, 7) is 6.58. The van der Waals surface area contributed by atoms with E-state index in [1.807, 2.05) is 0 Å². The lowest BCUT2D eigenvalue weighted by Crippen LogP contribution is -2.42. The van der Waals surface area contributed by atoms with Gasteiger partial charge in [-0.1, -0.05) is 20.3 Å². The molecule has 1 rings (SSSR count). The molecule has 2 N–H and O–H groups in total. The average molecular weight is 198 g/mol. The van der Waals surface area contributed by atoms with Crippen LogP contribution < -0.4 is 10.6 Å². The third-order valence-electron chi connectivity index (χ3n) is 2.97. The van der Waals surface area contributed by atoms with Crippen molar-refractivity contribution in [2.24, 2.45) is 5.41 Å². The quantitative estimate of drug-likeness (QED) is 0.675. The van der Waals surface area contributed by atoms with Crippen molar-refractivity contribution in [3.05, 3.63) is 0 Å². The first-order valence-electron chi connectivity index (χ1n) is 5.64. The fraction of sp³-hybridized carbons (Fsp3) is 0.909. The van der Waals surface area contributed by atoms with E-state index >= 15 is 0 Å². The molecular weight excluding hydrogens is 176 g/mol. The summed E-state index contributed by atoms with van der Waals surface area (Å²) < 4.78 is 0. The molecule has 0 aromatic carbocycles. The van der Waals surface area contributed by atoms with E-state index in [9.17, 15) is 4.79 Å². The number of hydrogen-bond acceptors (Lipinski definition) is 2. The monoisotopic (exact) mass is 198 g/mol. The van der Waals surface area contributed by atoms with Gasteiger partial charge in [0.05, 0.1) is 6.54 Å². The van der Waals surface area contributed by atoms with Crippen LogP contribution in [0.1, 0.15) is 39.5 Å². The van der Waals surface area contributed by atoms with E-state index in [0.717, 1.165) is 19.5 Å². The number of rotatable bonds is 6. The Kier molecular flexibility index (Phi) is 4.39. The number of nitrogens with one attached hydrogen (secondary N) is 2. The summed E-state index contributed by atoms with van der Waals surface area (Å²) >= 11 is 0. The molecule has 1 saturated carbocycles. The lowest BCUT2D eigenvalue weighted by molar-refractivity contribution is -0.120. The average Bonchev–Trinajstić information content (AvgIpc) is 2.12. The maximum absolute atomic E-state index is 11.2. The van der Waals surface area contributed by atoms with Crippen LogP contribution in [0.4, 0.5) is 0 Å².